The lowest BCUT2D eigenvalue weighted by atomic mass is 9.73. The number of phenolic OH excluding ortho intramolecular Hbond substituents is 1. The minimum atomic E-state index is -1.31. The van der Waals surface area contributed by atoms with Gasteiger partial charge in [-0.2, -0.15) is 0 Å². The van der Waals surface area contributed by atoms with Crippen LogP contribution in [0.1, 0.15) is 75.7 Å². The zero-order valence-corrected chi connectivity index (χ0v) is 33.3. The van der Waals surface area contributed by atoms with Crippen LogP contribution in [-0.2, 0) is 32.7 Å². The van der Waals surface area contributed by atoms with E-state index >= 15 is 0 Å². The predicted octanol–water partition coefficient (Wildman–Crippen LogP) is 4.11. The van der Waals surface area contributed by atoms with Crippen LogP contribution < -0.4 is 33.7 Å². The number of phenols is 1. The van der Waals surface area contributed by atoms with Crippen LogP contribution in [0.3, 0.4) is 0 Å². The van der Waals surface area contributed by atoms with E-state index in [9.17, 15) is 19.8 Å². The Morgan fingerprint density at radius 1 is 1.04 bits per heavy atom. The highest BCUT2D eigenvalue weighted by atomic mass is 32.2. The fourth-order valence-corrected chi connectivity index (χ4v) is 11.9. The molecule has 298 valence electrons. The molecule has 7 aliphatic heterocycles. The molecule has 7 atom stereocenters. The highest BCUT2D eigenvalue weighted by Crippen LogP contribution is 2.64. The third-order valence-electron chi connectivity index (χ3n) is 12.6. The maximum absolute atomic E-state index is 14.8. The van der Waals surface area contributed by atoms with E-state index in [1.54, 1.807) is 14.2 Å². The summed E-state index contributed by atoms with van der Waals surface area (Å²) in [7, 11) is 5.10. The van der Waals surface area contributed by atoms with Crippen LogP contribution in [0.5, 0.6) is 40.2 Å². The molecule has 3 aromatic carbocycles. The van der Waals surface area contributed by atoms with Gasteiger partial charge in [-0.05, 0) is 75.0 Å². The number of aliphatic hydroxyl groups is 1. The van der Waals surface area contributed by atoms with Gasteiger partial charge in [-0.1, -0.05) is 6.07 Å². The van der Waals surface area contributed by atoms with E-state index in [-0.39, 0.29) is 30.9 Å². The van der Waals surface area contributed by atoms with E-state index in [0.29, 0.717) is 82.7 Å². The Morgan fingerprint density at radius 2 is 1.82 bits per heavy atom. The summed E-state index contributed by atoms with van der Waals surface area (Å²) in [6.45, 7) is 7.76. The van der Waals surface area contributed by atoms with Crippen LogP contribution in [0.15, 0.2) is 18.2 Å². The Hall–Kier alpha value is -4.41. The first-order chi connectivity index (χ1) is 26.9. The number of hydrogen-bond donors (Lipinski definition) is 3. The average Bonchev–Trinajstić information content (AvgIpc) is 3.67. The van der Waals surface area contributed by atoms with Crippen LogP contribution in [0.25, 0.3) is 0 Å². The Labute approximate surface area is 329 Å². The molecule has 4 bridgehead atoms. The van der Waals surface area contributed by atoms with Gasteiger partial charge in [0.1, 0.15) is 18.6 Å². The van der Waals surface area contributed by atoms with Crippen molar-refractivity contribution in [3.05, 3.63) is 62.7 Å². The van der Waals surface area contributed by atoms with Gasteiger partial charge in [0.15, 0.2) is 40.0 Å². The number of rotatable bonds is 5. The summed E-state index contributed by atoms with van der Waals surface area (Å²) in [6.07, 6.45) is 0.0853. The number of methoxy groups -OCH3 is 2. The number of likely N-dealkylation sites (N-methyl/N-ethyl adjacent to an activating group) is 1. The van der Waals surface area contributed by atoms with Crippen LogP contribution in [0, 0.1) is 13.8 Å². The second-order valence-electron chi connectivity index (χ2n) is 15.3. The number of nitrogens with zero attached hydrogens (tertiary/aromatic N) is 2. The highest BCUT2D eigenvalue weighted by Gasteiger charge is 2.61. The Bertz CT molecular complexity index is 2160. The number of benzene rings is 3. The molecule has 56 heavy (non-hydrogen) atoms. The third-order valence-corrected chi connectivity index (χ3v) is 14.0. The van der Waals surface area contributed by atoms with Crippen molar-refractivity contribution < 1.29 is 53.0 Å². The molecule has 0 aliphatic carbocycles. The second-order valence-corrected chi connectivity index (χ2v) is 16.5. The number of nitrogens with one attached hydrogen (secondary N) is 1. The van der Waals surface area contributed by atoms with Crippen molar-refractivity contribution in [3.63, 3.8) is 0 Å². The average molecular weight is 790 g/mol. The lowest BCUT2D eigenvalue weighted by molar-refractivity contribution is -0.186. The molecule has 15 heteroatoms. The van der Waals surface area contributed by atoms with Crippen LogP contribution in [0.4, 0.5) is 0 Å². The number of esters is 2. The van der Waals surface area contributed by atoms with E-state index < -0.39 is 47.1 Å². The van der Waals surface area contributed by atoms with Gasteiger partial charge in [0.25, 0.3) is 0 Å². The number of ether oxygens (including phenoxy) is 7. The fraction of sp³-hybridized carbons (Fsp3) is 0.512. The van der Waals surface area contributed by atoms with Crippen molar-refractivity contribution in [1.82, 2.24) is 15.1 Å². The van der Waals surface area contributed by atoms with E-state index in [1.165, 1.54) is 18.7 Å². The SMILES string of the molecule is CCOc1cc2c(cc1OC)[C@@]1(CS[C@@H]3c4c(OC(C)=O)c(C)c5c(c4[C@@H](COC1=O)N1C3[C@H]3c4c(cc(C)c(OC)c4O)C[C@@H]([C@@H]1O)N3C)OCO5)NCC2. The maximum Gasteiger partial charge on any atom is 0.331 e. The quantitative estimate of drug-likeness (QED) is 0.251. The van der Waals surface area contributed by atoms with Crippen LogP contribution in [-0.4, -0.2) is 104 Å². The summed E-state index contributed by atoms with van der Waals surface area (Å²) in [4.78, 5) is 32.0. The van der Waals surface area contributed by atoms with Gasteiger partial charge in [0.2, 0.25) is 6.79 Å². The predicted molar refractivity (Wildman–Crippen MR) is 204 cm³/mol. The molecule has 2 fully saturated rings. The Kier molecular flexibility index (Phi) is 9.04. The molecule has 14 nitrogen and oxygen atoms in total. The molecule has 0 aromatic heterocycles. The fourth-order valence-electron chi connectivity index (χ4n) is 10.2. The molecule has 0 saturated carbocycles. The largest absolute Gasteiger partial charge is 0.504 e. The summed E-state index contributed by atoms with van der Waals surface area (Å²) in [5, 5.41) is 27.7. The molecule has 0 amide bonds. The van der Waals surface area contributed by atoms with Crippen molar-refractivity contribution in [2.75, 3.05) is 53.6 Å². The van der Waals surface area contributed by atoms with Gasteiger partial charge >= 0.3 is 11.9 Å². The molecule has 7 heterocycles. The zero-order chi connectivity index (χ0) is 39.4. The van der Waals surface area contributed by atoms with Crippen molar-refractivity contribution in [1.29, 1.82) is 0 Å². The Morgan fingerprint density at radius 3 is 2.55 bits per heavy atom. The minimum Gasteiger partial charge on any atom is -0.504 e. The van der Waals surface area contributed by atoms with Gasteiger partial charge < -0.3 is 43.4 Å². The van der Waals surface area contributed by atoms with Crippen molar-refractivity contribution in [2.45, 2.75) is 81.7 Å². The summed E-state index contributed by atoms with van der Waals surface area (Å²) < 4.78 is 42.3. The first kappa shape index (κ1) is 37.2. The summed E-state index contributed by atoms with van der Waals surface area (Å²) >= 11 is 1.51. The zero-order valence-electron chi connectivity index (χ0n) is 32.5. The lowest BCUT2D eigenvalue weighted by Crippen LogP contribution is -2.70. The molecular weight excluding hydrogens is 743 g/mol. The first-order valence-electron chi connectivity index (χ1n) is 19.0. The van der Waals surface area contributed by atoms with Gasteiger partial charge in [-0.15, -0.1) is 11.8 Å². The number of aromatic hydroxyl groups is 1. The molecule has 3 aromatic rings. The summed E-state index contributed by atoms with van der Waals surface area (Å²) in [5.41, 5.74) is 4.76. The van der Waals surface area contributed by atoms with Crippen molar-refractivity contribution in [2.24, 2.45) is 0 Å². The van der Waals surface area contributed by atoms with E-state index in [2.05, 4.69) is 10.2 Å². The second kappa shape index (κ2) is 13.6. The van der Waals surface area contributed by atoms with Crippen molar-refractivity contribution in [3.8, 4) is 40.2 Å². The maximum atomic E-state index is 14.8. The number of aliphatic hydroxyl groups excluding tert-OH is 1. The number of thioether (sulfide) groups is 1. The van der Waals surface area contributed by atoms with Gasteiger partial charge in [0, 0.05) is 47.5 Å². The topological polar surface area (TPSA) is 158 Å². The minimum absolute atomic E-state index is 0.0494. The molecule has 1 unspecified atom stereocenters. The van der Waals surface area contributed by atoms with Crippen LogP contribution in [0.2, 0.25) is 0 Å². The number of hydrogen-bond acceptors (Lipinski definition) is 15. The number of carbonyl (C=O) groups excluding carboxylic acids is 2. The normalized spacial score (nSPS) is 28.8. The molecule has 3 N–H and O–H groups in total. The lowest BCUT2D eigenvalue weighted by Gasteiger charge is -2.62. The molecule has 2 saturated heterocycles. The number of fused-ring (bicyclic) bond motifs is 9. The smallest absolute Gasteiger partial charge is 0.331 e. The standard InChI is InChI=1S/C41H47N3O11S/c1-8-51-27-13-21-9-10-42-41(23(21)14-26(27)49-6)16-56-38-30-29(37-36(53-17-54-37)19(3)35(30)55-20(4)45)25(15-52-40(41)48)44-32(38)31-28-22(12-24(39(44)47)43(31)5)11-18(2)34(50-7)33(28)46/h11,13-14,24-25,31-32,38-39,42,46-47H,8-10,12,15-17H2,1-7H3/t24-,25+,31+,32?,38+,39-,41+/m0/s1. The van der Waals surface area contributed by atoms with Gasteiger partial charge in [0.05, 0.1) is 44.2 Å². The van der Waals surface area contributed by atoms with Crippen molar-refractivity contribution >= 4 is 23.7 Å². The highest BCUT2D eigenvalue weighted by molar-refractivity contribution is 7.99. The van der Waals surface area contributed by atoms with E-state index in [0.717, 1.165) is 22.3 Å². The molecule has 0 radical (unpaired) electrons. The van der Waals surface area contributed by atoms with Crippen LogP contribution >= 0.6 is 11.8 Å². The molecule has 7 aliphatic rings. The molecule has 1 spiro atoms. The van der Waals surface area contributed by atoms with E-state index in [1.807, 2.05) is 50.9 Å². The number of carbonyl (C=O) groups is 2. The van der Waals surface area contributed by atoms with Gasteiger partial charge in [-0.3, -0.25) is 19.9 Å². The Balaban J connectivity index is 1.30. The first-order valence-corrected chi connectivity index (χ1v) is 20.1. The monoisotopic (exact) mass is 789 g/mol. The number of piperazine rings is 1. The van der Waals surface area contributed by atoms with E-state index in [4.69, 9.17) is 33.2 Å². The number of aryl methyl sites for hydroxylation is 1. The molecule has 10 rings (SSSR count). The van der Waals surface area contributed by atoms with Gasteiger partial charge in [-0.25, -0.2) is 4.79 Å². The molecular formula is C41H47N3O11S. The summed E-state index contributed by atoms with van der Waals surface area (Å²) in [5.74, 6) is 2.03. The summed E-state index contributed by atoms with van der Waals surface area (Å²) in [6, 6.07) is 3.70. The third kappa shape index (κ3) is 5.16.